The Balaban J connectivity index is 3.04. The van der Waals surface area contributed by atoms with Crippen molar-refractivity contribution in [1.82, 2.24) is 4.90 Å². The summed E-state index contributed by atoms with van der Waals surface area (Å²) in [6.45, 7) is 13.7. The lowest BCUT2D eigenvalue weighted by Crippen LogP contribution is -2.62. The molecule has 1 aliphatic rings. The fourth-order valence-corrected chi connectivity index (χ4v) is 7.48. The van der Waals surface area contributed by atoms with Crippen molar-refractivity contribution >= 4 is 17.6 Å². The number of hydrogen-bond acceptors (Lipinski definition) is 4. The smallest absolute Gasteiger partial charge is 0.377 e. The van der Waals surface area contributed by atoms with Crippen LogP contribution in [0, 0.1) is 0 Å². The first-order valence-corrected chi connectivity index (χ1v) is 13.9. The average molecular weight is 348 g/mol. The third-order valence-electron chi connectivity index (χ3n) is 4.66. The van der Waals surface area contributed by atoms with Gasteiger partial charge in [-0.2, -0.15) is 0 Å². The van der Waals surface area contributed by atoms with E-state index in [1.807, 2.05) is 6.55 Å². The molecule has 1 atom stereocenters. The molecule has 0 aromatic carbocycles. The molecule has 1 rings (SSSR count). The largest absolute Gasteiger partial charge is 0.498 e. The molecule has 0 aliphatic heterocycles. The van der Waals surface area contributed by atoms with Gasteiger partial charge in [0.1, 0.15) is 0 Å². The standard InChI is InChI=1S/C16H37NO3Si2/c1-16(2,3)17(14-12-10-9-11-13-14)15(21(6)7)20-22(8,18-4)19-5/h14-15,21H,9-13H2,1-8H3. The Labute approximate surface area is 140 Å². The minimum atomic E-state index is -2.54. The number of hydrogen-bond donors (Lipinski definition) is 0. The summed E-state index contributed by atoms with van der Waals surface area (Å²) in [6.07, 6.45) is 6.63. The second-order valence-corrected chi connectivity index (χ2v) is 13.7. The van der Waals surface area contributed by atoms with Gasteiger partial charge in [-0.15, -0.1) is 0 Å². The van der Waals surface area contributed by atoms with E-state index in [4.69, 9.17) is 13.3 Å². The van der Waals surface area contributed by atoms with Crippen LogP contribution in [0.15, 0.2) is 0 Å². The first-order chi connectivity index (χ1) is 10.1. The lowest BCUT2D eigenvalue weighted by molar-refractivity contribution is -0.0629. The van der Waals surface area contributed by atoms with Crippen molar-refractivity contribution in [3.63, 3.8) is 0 Å². The highest BCUT2D eigenvalue weighted by Gasteiger charge is 2.43. The molecule has 0 heterocycles. The maximum Gasteiger partial charge on any atom is 0.498 e. The van der Waals surface area contributed by atoms with Gasteiger partial charge in [-0.1, -0.05) is 32.4 Å². The van der Waals surface area contributed by atoms with E-state index in [2.05, 4.69) is 38.8 Å². The molecule has 1 unspecified atom stereocenters. The molecule has 0 radical (unpaired) electrons. The molecule has 0 aromatic heterocycles. The fraction of sp³-hybridized carbons (Fsp3) is 1.00. The number of rotatable bonds is 7. The van der Waals surface area contributed by atoms with E-state index in [-0.39, 0.29) is 11.4 Å². The van der Waals surface area contributed by atoms with E-state index in [1.54, 1.807) is 14.2 Å². The summed E-state index contributed by atoms with van der Waals surface area (Å²) in [5, 5.41) is 0. The molecule has 0 spiro atoms. The molecule has 6 heteroatoms. The first kappa shape index (κ1) is 20.3. The molecule has 0 N–H and O–H groups in total. The molecule has 4 nitrogen and oxygen atoms in total. The summed E-state index contributed by atoms with van der Waals surface area (Å²) in [4.78, 5) is 2.65. The Hall–Kier alpha value is 0.274. The van der Waals surface area contributed by atoms with Gasteiger partial charge in [0.25, 0.3) is 0 Å². The van der Waals surface area contributed by atoms with Crippen LogP contribution in [0.25, 0.3) is 0 Å². The lowest BCUT2D eigenvalue weighted by Gasteiger charge is -2.50. The van der Waals surface area contributed by atoms with Gasteiger partial charge in [-0.25, -0.2) is 0 Å². The molecule has 22 heavy (non-hydrogen) atoms. The summed E-state index contributed by atoms with van der Waals surface area (Å²) in [7, 11) is -0.189. The van der Waals surface area contributed by atoms with Gasteiger partial charge in [-0.05, 0) is 33.6 Å². The van der Waals surface area contributed by atoms with Crippen LogP contribution >= 0.6 is 0 Å². The highest BCUT2D eigenvalue weighted by Crippen LogP contribution is 2.32. The van der Waals surface area contributed by atoms with Crippen LogP contribution in [0.2, 0.25) is 19.6 Å². The van der Waals surface area contributed by atoms with Gasteiger partial charge in [0, 0.05) is 32.3 Å². The second-order valence-electron chi connectivity index (χ2n) is 7.89. The molecule has 1 fully saturated rings. The van der Waals surface area contributed by atoms with E-state index in [1.165, 1.54) is 32.1 Å². The van der Waals surface area contributed by atoms with Crippen molar-refractivity contribution < 1.29 is 13.3 Å². The van der Waals surface area contributed by atoms with Gasteiger partial charge in [0.05, 0.1) is 14.6 Å². The van der Waals surface area contributed by atoms with Gasteiger partial charge in [0.15, 0.2) is 0 Å². The van der Waals surface area contributed by atoms with Gasteiger partial charge in [0.2, 0.25) is 0 Å². The van der Waals surface area contributed by atoms with Crippen LogP contribution in [0.1, 0.15) is 52.9 Å². The minimum absolute atomic E-state index is 0.0980. The zero-order valence-corrected chi connectivity index (χ0v) is 18.1. The summed E-state index contributed by atoms with van der Waals surface area (Å²) in [5.41, 5.74) is 0.0980. The highest BCUT2D eigenvalue weighted by atomic mass is 28.4. The summed E-state index contributed by atoms with van der Waals surface area (Å²) >= 11 is 0. The van der Waals surface area contributed by atoms with Crippen LogP contribution < -0.4 is 0 Å². The monoisotopic (exact) mass is 347 g/mol. The molecule has 0 bridgehead atoms. The predicted molar refractivity (Wildman–Crippen MR) is 97.9 cm³/mol. The van der Waals surface area contributed by atoms with Crippen LogP contribution in [0.3, 0.4) is 0 Å². The Kier molecular flexibility index (Phi) is 7.75. The third kappa shape index (κ3) is 5.42. The Bertz CT molecular complexity index is 324. The second kappa shape index (κ2) is 8.39. The maximum absolute atomic E-state index is 6.52. The normalized spacial score (nSPS) is 19.9. The lowest BCUT2D eigenvalue weighted by atomic mass is 9.91. The Morgan fingerprint density at radius 1 is 1.05 bits per heavy atom. The summed E-state index contributed by atoms with van der Waals surface area (Å²) in [5.74, 6) is 0.166. The van der Waals surface area contributed by atoms with Gasteiger partial charge in [-0.3, -0.25) is 4.90 Å². The molecule has 0 saturated heterocycles. The molecule has 1 saturated carbocycles. The SMILES string of the molecule is CO[Si](C)(OC)OC(N(C1CCCCC1)C(C)(C)C)[SiH](C)C. The molecular formula is C16H37NO3Si2. The topological polar surface area (TPSA) is 30.9 Å². The van der Waals surface area contributed by atoms with Gasteiger partial charge < -0.3 is 13.3 Å². The molecular weight excluding hydrogens is 310 g/mol. The predicted octanol–water partition coefficient (Wildman–Crippen LogP) is 3.65. The average Bonchev–Trinajstić information content (AvgIpc) is 2.46. The van der Waals surface area contributed by atoms with Crippen molar-refractivity contribution in [2.45, 2.75) is 89.9 Å². The van der Waals surface area contributed by atoms with Crippen LogP contribution in [-0.4, -0.2) is 54.2 Å². The van der Waals surface area contributed by atoms with Crippen LogP contribution in [0.4, 0.5) is 0 Å². The van der Waals surface area contributed by atoms with E-state index in [0.717, 1.165) is 0 Å². The van der Waals surface area contributed by atoms with Crippen LogP contribution in [-0.2, 0) is 13.3 Å². The van der Waals surface area contributed by atoms with Gasteiger partial charge >= 0.3 is 8.80 Å². The van der Waals surface area contributed by atoms with E-state index < -0.39 is 17.6 Å². The Morgan fingerprint density at radius 2 is 1.55 bits per heavy atom. The summed E-state index contributed by atoms with van der Waals surface area (Å²) in [6, 6.07) is 0.626. The van der Waals surface area contributed by atoms with Crippen molar-refractivity contribution in [2.24, 2.45) is 0 Å². The summed E-state index contributed by atoms with van der Waals surface area (Å²) < 4.78 is 17.7. The minimum Gasteiger partial charge on any atom is -0.377 e. The maximum atomic E-state index is 6.52. The van der Waals surface area contributed by atoms with E-state index in [9.17, 15) is 0 Å². The first-order valence-electron chi connectivity index (χ1n) is 8.71. The molecule has 1 aliphatic carbocycles. The molecule has 0 aromatic rings. The fourth-order valence-electron chi connectivity index (χ4n) is 3.41. The van der Waals surface area contributed by atoms with E-state index in [0.29, 0.717) is 6.04 Å². The van der Waals surface area contributed by atoms with Crippen molar-refractivity contribution in [1.29, 1.82) is 0 Å². The van der Waals surface area contributed by atoms with E-state index >= 15 is 0 Å². The highest BCUT2D eigenvalue weighted by molar-refractivity contribution is 6.62. The third-order valence-corrected chi connectivity index (χ3v) is 8.69. The zero-order chi connectivity index (χ0) is 17.0. The molecule has 132 valence electrons. The Morgan fingerprint density at radius 3 is 1.91 bits per heavy atom. The van der Waals surface area contributed by atoms with Crippen molar-refractivity contribution in [3.8, 4) is 0 Å². The quantitative estimate of drug-likeness (QED) is 0.519. The zero-order valence-electron chi connectivity index (χ0n) is 15.9. The van der Waals surface area contributed by atoms with Crippen LogP contribution in [0.5, 0.6) is 0 Å². The number of nitrogens with zero attached hydrogens (tertiary/aromatic N) is 1. The molecule has 0 amide bonds. The van der Waals surface area contributed by atoms with Crippen molar-refractivity contribution in [3.05, 3.63) is 0 Å². The van der Waals surface area contributed by atoms with Crippen molar-refractivity contribution in [2.75, 3.05) is 14.2 Å².